The Hall–Kier alpha value is -0.610. The third-order valence-electron chi connectivity index (χ3n) is 1.87. The molecule has 0 radical (unpaired) electrons. The third kappa shape index (κ3) is 11.3. The van der Waals surface area contributed by atoms with Gasteiger partial charge in [0.1, 0.15) is 0 Å². The Morgan fingerprint density at radius 1 is 1.07 bits per heavy atom. The summed E-state index contributed by atoms with van der Waals surface area (Å²) in [6, 6.07) is 0. The van der Waals surface area contributed by atoms with Gasteiger partial charge in [0.05, 0.1) is 6.61 Å². The summed E-state index contributed by atoms with van der Waals surface area (Å²) in [5.41, 5.74) is 0. The van der Waals surface area contributed by atoms with E-state index in [0.29, 0.717) is 19.6 Å². The molecule has 0 aliphatic heterocycles. The standard InChI is InChI=1S/C11H24N2O2/c1-3-6-12-7-8-13-11(14)5-10-15-9-4-2/h12H,3-10H2,1-2H3,(H,13,14). The molecule has 0 heterocycles. The highest BCUT2D eigenvalue weighted by molar-refractivity contribution is 5.75. The second-order valence-corrected chi connectivity index (χ2v) is 3.46. The van der Waals surface area contributed by atoms with Crippen LogP contribution in [0.3, 0.4) is 0 Å². The van der Waals surface area contributed by atoms with Crippen molar-refractivity contribution in [2.24, 2.45) is 0 Å². The van der Waals surface area contributed by atoms with Gasteiger partial charge >= 0.3 is 0 Å². The maximum Gasteiger partial charge on any atom is 0.222 e. The molecule has 0 saturated carbocycles. The van der Waals surface area contributed by atoms with Crippen LogP contribution in [0.15, 0.2) is 0 Å². The largest absolute Gasteiger partial charge is 0.381 e. The second kappa shape index (κ2) is 11.5. The molecule has 4 heteroatoms. The Morgan fingerprint density at radius 2 is 1.87 bits per heavy atom. The number of hydrogen-bond acceptors (Lipinski definition) is 3. The summed E-state index contributed by atoms with van der Waals surface area (Å²) in [7, 11) is 0. The molecule has 2 N–H and O–H groups in total. The number of carbonyl (C=O) groups excluding carboxylic acids is 1. The van der Waals surface area contributed by atoms with Crippen LogP contribution < -0.4 is 10.6 Å². The average molecular weight is 216 g/mol. The zero-order valence-corrected chi connectivity index (χ0v) is 9.97. The molecule has 0 spiro atoms. The molecule has 0 aromatic rings. The monoisotopic (exact) mass is 216 g/mol. The molecule has 0 saturated heterocycles. The summed E-state index contributed by atoms with van der Waals surface area (Å²) in [4.78, 5) is 11.2. The highest BCUT2D eigenvalue weighted by Crippen LogP contribution is 1.85. The van der Waals surface area contributed by atoms with E-state index in [-0.39, 0.29) is 5.91 Å². The van der Waals surface area contributed by atoms with Gasteiger partial charge in [0.2, 0.25) is 5.91 Å². The van der Waals surface area contributed by atoms with Gasteiger partial charge in [-0.15, -0.1) is 0 Å². The van der Waals surface area contributed by atoms with E-state index >= 15 is 0 Å². The van der Waals surface area contributed by atoms with Gasteiger partial charge < -0.3 is 15.4 Å². The number of hydrogen-bond donors (Lipinski definition) is 2. The van der Waals surface area contributed by atoms with Gasteiger partial charge in [0.15, 0.2) is 0 Å². The first-order valence-electron chi connectivity index (χ1n) is 5.86. The van der Waals surface area contributed by atoms with Crippen molar-refractivity contribution in [3.8, 4) is 0 Å². The zero-order chi connectivity index (χ0) is 11.4. The lowest BCUT2D eigenvalue weighted by Crippen LogP contribution is -2.32. The van der Waals surface area contributed by atoms with E-state index in [4.69, 9.17) is 4.74 Å². The van der Waals surface area contributed by atoms with Gasteiger partial charge in [-0.05, 0) is 19.4 Å². The second-order valence-electron chi connectivity index (χ2n) is 3.46. The summed E-state index contributed by atoms with van der Waals surface area (Å²) >= 11 is 0. The lowest BCUT2D eigenvalue weighted by Gasteiger charge is -2.06. The van der Waals surface area contributed by atoms with Crippen LogP contribution in [-0.2, 0) is 9.53 Å². The number of amides is 1. The van der Waals surface area contributed by atoms with Gasteiger partial charge in [0.25, 0.3) is 0 Å². The van der Waals surface area contributed by atoms with Crippen LogP contribution in [0.2, 0.25) is 0 Å². The fraction of sp³-hybridized carbons (Fsp3) is 0.909. The lowest BCUT2D eigenvalue weighted by molar-refractivity contribution is -0.122. The van der Waals surface area contributed by atoms with Crippen molar-refractivity contribution >= 4 is 5.91 Å². The molecule has 0 atom stereocenters. The fourth-order valence-electron chi connectivity index (χ4n) is 1.09. The summed E-state index contributed by atoms with van der Waals surface area (Å²) in [6.45, 7) is 8.00. The molecule has 0 unspecified atom stereocenters. The van der Waals surface area contributed by atoms with Crippen LogP contribution in [-0.4, -0.2) is 38.8 Å². The van der Waals surface area contributed by atoms with Crippen molar-refractivity contribution in [2.45, 2.75) is 33.1 Å². The van der Waals surface area contributed by atoms with E-state index in [0.717, 1.165) is 32.5 Å². The predicted octanol–water partition coefficient (Wildman–Crippen LogP) is 0.919. The van der Waals surface area contributed by atoms with Crippen LogP contribution in [0.25, 0.3) is 0 Å². The highest BCUT2D eigenvalue weighted by atomic mass is 16.5. The molecule has 0 rings (SSSR count). The first kappa shape index (κ1) is 14.4. The first-order valence-corrected chi connectivity index (χ1v) is 5.86. The van der Waals surface area contributed by atoms with Crippen LogP contribution in [0.5, 0.6) is 0 Å². The lowest BCUT2D eigenvalue weighted by atomic mass is 10.4. The first-order chi connectivity index (χ1) is 7.31. The maximum atomic E-state index is 11.2. The molecule has 0 bridgehead atoms. The van der Waals surface area contributed by atoms with E-state index in [2.05, 4.69) is 24.5 Å². The Labute approximate surface area is 92.8 Å². The van der Waals surface area contributed by atoms with Crippen LogP contribution in [0, 0.1) is 0 Å². The molecule has 0 fully saturated rings. The van der Waals surface area contributed by atoms with Crippen LogP contribution in [0.1, 0.15) is 33.1 Å². The number of carbonyl (C=O) groups is 1. The molecular weight excluding hydrogens is 192 g/mol. The molecule has 0 aromatic carbocycles. The van der Waals surface area contributed by atoms with E-state index in [9.17, 15) is 4.79 Å². The van der Waals surface area contributed by atoms with Crippen molar-refractivity contribution in [1.29, 1.82) is 0 Å². The fourth-order valence-corrected chi connectivity index (χ4v) is 1.09. The smallest absolute Gasteiger partial charge is 0.222 e. The minimum atomic E-state index is 0.0735. The SMILES string of the molecule is CCCNCCNC(=O)CCOCCC. The molecule has 4 nitrogen and oxygen atoms in total. The molecule has 0 aliphatic carbocycles. The van der Waals surface area contributed by atoms with Crippen molar-refractivity contribution < 1.29 is 9.53 Å². The van der Waals surface area contributed by atoms with Crippen LogP contribution in [0.4, 0.5) is 0 Å². The third-order valence-corrected chi connectivity index (χ3v) is 1.87. The van der Waals surface area contributed by atoms with Gasteiger partial charge in [0, 0.05) is 26.1 Å². The van der Waals surface area contributed by atoms with E-state index in [1.807, 2.05) is 0 Å². The number of ether oxygens (including phenoxy) is 1. The van der Waals surface area contributed by atoms with Crippen molar-refractivity contribution in [3.05, 3.63) is 0 Å². The van der Waals surface area contributed by atoms with E-state index < -0.39 is 0 Å². The topological polar surface area (TPSA) is 50.4 Å². The van der Waals surface area contributed by atoms with Gasteiger partial charge in [-0.2, -0.15) is 0 Å². The number of nitrogens with one attached hydrogen (secondary N) is 2. The quantitative estimate of drug-likeness (QED) is 0.534. The molecule has 0 aromatic heterocycles. The van der Waals surface area contributed by atoms with Crippen molar-refractivity contribution in [3.63, 3.8) is 0 Å². The molecule has 15 heavy (non-hydrogen) atoms. The van der Waals surface area contributed by atoms with Crippen LogP contribution >= 0.6 is 0 Å². The molecule has 1 amide bonds. The van der Waals surface area contributed by atoms with E-state index in [1.165, 1.54) is 0 Å². The van der Waals surface area contributed by atoms with Crippen molar-refractivity contribution in [1.82, 2.24) is 10.6 Å². The summed E-state index contributed by atoms with van der Waals surface area (Å²) in [5, 5.41) is 6.06. The van der Waals surface area contributed by atoms with E-state index in [1.54, 1.807) is 0 Å². The molecule has 90 valence electrons. The Kier molecular flexibility index (Phi) is 11.0. The molecule has 0 aliphatic rings. The van der Waals surface area contributed by atoms with Gasteiger partial charge in [-0.25, -0.2) is 0 Å². The summed E-state index contributed by atoms with van der Waals surface area (Å²) < 4.78 is 5.22. The normalized spacial score (nSPS) is 10.3. The van der Waals surface area contributed by atoms with Gasteiger partial charge in [-0.3, -0.25) is 4.79 Å². The Morgan fingerprint density at radius 3 is 2.53 bits per heavy atom. The number of rotatable bonds is 10. The summed E-state index contributed by atoms with van der Waals surface area (Å²) in [6.07, 6.45) is 2.59. The summed E-state index contributed by atoms with van der Waals surface area (Å²) in [5.74, 6) is 0.0735. The Balaban J connectivity index is 3.11. The minimum absolute atomic E-state index is 0.0735. The highest BCUT2D eigenvalue weighted by Gasteiger charge is 1.99. The predicted molar refractivity (Wildman–Crippen MR) is 61.9 cm³/mol. The zero-order valence-electron chi connectivity index (χ0n) is 9.97. The maximum absolute atomic E-state index is 11.2. The minimum Gasteiger partial charge on any atom is -0.381 e. The van der Waals surface area contributed by atoms with Crippen molar-refractivity contribution in [2.75, 3.05) is 32.8 Å². The average Bonchev–Trinajstić information content (AvgIpc) is 2.24. The van der Waals surface area contributed by atoms with Gasteiger partial charge in [-0.1, -0.05) is 13.8 Å². The molecular formula is C11H24N2O2. The Bertz CT molecular complexity index is 152.